The Labute approximate surface area is 86.1 Å². The molecule has 0 aromatic heterocycles. The van der Waals surface area contributed by atoms with Crippen LogP contribution in [0.2, 0.25) is 0 Å². The molecule has 0 atom stereocenters. The second-order valence-corrected chi connectivity index (χ2v) is 2.96. The average molecular weight is 207 g/mol. The van der Waals surface area contributed by atoms with Crippen LogP contribution in [0.15, 0.2) is 30.3 Å². The molecular formula is C10H9NO4. The number of benzene rings is 1. The summed E-state index contributed by atoms with van der Waals surface area (Å²) in [5.41, 5.74) is 0.470. The fraction of sp³-hybridized carbons (Fsp3) is 0.200. The zero-order valence-corrected chi connectivity index (χ0v) is 7.88. The Balaban J connectivity index is 2.25. The number of hydrogen-bond acceptors (Lipinski definition) is 4. The lowest BCUT2D eigenvalue weighted by atomic mass is 10.3. The minimum absolute atomic E-state index is 0.0565. The Morgan fingerprint density at radius 1 is 1.13 bits per heavy atom. The number of rotatable bonds is 1. The summed E-state index contributed by atoms with van der Waals surface area (Å²) in [6.07, 6.45) is -0.596. The second-order valence-electron chi connectivity index (χ2n) is 2.96. The molecule has 1 aromatic carbocycles. The van der Waals surface area contributed by atoms with Gasteiger partial charge in [0.05, 0.1) is 12.1 Å². The lowest BCUT2D eigenvalue weighted by Crippen LogP contribution is -2.30. The van der Waals surface area contributed by atoms with Gasteiger partial charge in [0.15, 0.2) is 0 Å². The molecule has 0 unspecified atom stereocenters. The van der Waals surface area contributed by atoms with Gasteiger partial charge in [-0.25, -0.2) is 9.59 Å². The summed E-state index contributed by atoms with van der Waals surface area (Å²) >= 11 is 0. The third kappa shape index (κ3) is 2.07. The number of ether oxygens (including phenoxy) is 1. The first-order valence-electron chi connectivity index (χ1n) is 4.50. The summed E-state index contributed by atoms with van der Waals surface area (Å²) in [5.74, 6) is -0.482. The van der Waals surface area contributed by atoms with Crippen molar-refractivity contribution < 1.29 is 19.2 Å². The van der Waals surface area contributed by atoms with Gasteiger partial charge in [-0.15, -0.1) is 5.06 Å². The van der Waals surface area contributed by atoms with Crippen LogP contribution in [-0.2, 0) is 14.4 Å². The van der Waals surface area contributed by atoms with Gasteiger partial charge in [0.25, 0.3) is 0 Å². The van der Waals surface area contributed by atoms with Crippen LogP contribution in [-0.4, -0.2) is 18.7 Å². The summed E-state index contributed by atoms with van der Waals surface area (Å²) in [7, 11) is 0. The monoisotopic (exact) mass is 207 g/mol. The van der Waals surface area contributed by atoms with Crippen molar-refractivity contribution in [2.45, 2.75) is 6.42 Å². The number of nitrogens with zero attached hydrogens (tertiary/aromatic N) is 1. The van der Waals surface area contributed by atoms with Gasteiger partial charge in [-0.05, 0) is 12.1 Å². The summed E-state index contributed by atoms with van der Waals surface area (Å²) in [6, 6.07) is 8.58. The maximum atomic E-state index is 11.4. The highest BCUT2D eigenvalue weighted by Gasteiger charge is 2.25. The molecule has 5 heteroatoms. The molecule has 0 saturated carbocycles. The summed E-state index contributed by atoms with van der Waals surface area (Å²) < 4.78 is 4.78. The van der Waals surface area contributed by atoms with Crippen LogP contribution in [0.25, 0.3) is 0 Å². The van der Waals surface area contributed by atoms with E-state index in [9.17, 15) is 9.59 Å². The van der Waals surface area contributed by atoms with Gasteiger partial charge in [0, 0.05) is 0 Å². The molecule has 1 amide bonds. The Morgan fingerprint density at radius 3 is 2.60 bits per heavy atom. The summed E-state index contributed by atoms with van der Waals surface area (Å²) in [6.45, 7) is 0.0565. The van der Waals surface area contributed by atoms with Crippen LogP contribution < -0.4 is 5.06 Å². The highest BCUT2D eigenvalue weighted by atomic mass is 16.8. The van der Waals surface area contributed by atoms with Crippen molar-refractivity contribution in [2.75, 3.05) is 11.7 Å². The number of cyclic esters (lactones) is 1. The number of hydroxylamine groups is 1. The van der Waals surface area contributed by atoms with Crippen molar-refractivity contribution in [3.8, 4) is 0 Å². The van der Waals surface area contributed by atoms with Crippen LogP contribution in [0, 0.1) is 0 Å². The molecule has 0 radical (unpaired) electrons. The topological polar surface area (TPSA) is 55.8 Å². The largest absolute Gasteiger partial charge is 0.448 e. The zero-order valence-electron chi connectivity index (χ0n) is 7.88. The van der Waals surface area contributed by atoms with E-state index in [1.165, 1.54) is 0 Å². The van der Waals surface area contributed by atoms with Crippen molar-refractivity contribution in [3.05, 3.63) is 30.3 Å². The van der Waals surface area contributed by atoms with Crippen molar-refractivity contribution in [3.63, 3.8) is 0 Å². The molecular weight excluding hydrogens is 198 g/mol. The van der Waals surface area contributed by atoms with E-state index in [2.05, 4.69) is 0 Å². The number of carbonyl (C=O) groups is 2. The Morgan fingerprint density at radius 2 is 1.87 bits per heavy atom. The maximum absolute atomic E-state index is 11.4. The fourth-order valence-electron chi connectivity index (χ4n) is 1.19. The average Bonchev–Trinajstić information content (AvgIpc) is 2.42. The molecule has 1 aliphatic rings. The number of anilines is 1. The van der Waals surface area contributed by atoms with Gasteiger partial charge in [0.2, 0.25) is 0 Å². The minimum atomic E-state index is -0.674. The number of carbonyl (C=O) groups excluding carboxylic acids is 2. The van der Waals surface area contributed by atoms with Crippen LogP contribution in [0.5, 0.6) is 0 Å². The summed E-state index contributed by atoms with van der Waals surface area (Å²) in [4.78, 5) is 27.3. The van der Waals surface area contributed by atoms with Crippen LogP contribution in [0.3, 0.4) is 0 Å². The smallest absolute Gasteiger partial charge is 0.446 e. The van der Waals surface area contributed by atoms with E-state index in [4.69, 9.17) is 9.57 Å². The quantitative estimate of drug-likeness (QED) is 0.700. The second kappa shape index (κ2) is 4.00. The summed E-state index contributed by atoms with van der Waals surface area (Å²) in [5, 5.41) is 0.856. The van der Waals surface area contributed by atoms with Gasteiger partial charge >= 0.3 is 12.1 Å². The van der Waals surface area contributed by atoms with E-state index in [1.54, 1.807) is 30.3 Å². The van der Waals surface area contributed by atoms with E-state index < -0.39 is 12.1 Å². The van der Waals surface area contributed by atoms with Crippen LogP contribution in [0.4, 0.5) is 10.5 Å². The van der Waals surface area contributed by atoms with Gasteiger partial charge in [-0.2, -0.15) is 0 Å². The number of hydrogen-bond donors (Lipinski definition) is 0. The van der Waals surface area contributed by atoms with Crippen molar-refractivity contribution in [1.82, 2.24) is 0 Å². The minimum Gasteiger partial charge on any atom is -0.446 e. The third-order valence-electron chi connectivity index (χ3n) is 1.88. The molecule has 1 saturated heterocycles. The van der Waals surface area contributed by atoms with Crippen molar-refractivity contribution in [1.29, 1.82) is 0 Å². The predicted octanol–water partition coefficient (Wildman–Crippen LogP) is 1.49. The molecule has 1 aliphatic heterocycles. The fourth-order valence-corrected chi connectivity index (χ4v) is 1.19. The molecule has 0 aliphatic carbocycles. The lowest BCUT2D eigenvalue weighted by Gasteiger charge is -2.16. The van der Waals surface area contributed by atoms with E-state index >= 15 is 0 Å². The third-order valence-corrected chi connectivity index (χ3v) is 1.88. The molecule has 5 nitrogen and oxygen atoms in total. The van der Waals surface area contributed by atoms with Gasteiger partial charge in [-0.1, -0.05) is 18.2 Å². The molecule has 0 N–H and O–H groups in total. The number of para-hydroxylation sites is 1. The van der Waals surface area contributed by atoms with Crippen molar-refractivity contribution in [2.24, 2.45) is 0 Å². The SMILES string of the molecule is O=C1CCOC(=O)N(c2ccccc2)O1. The first-order valence-corrected chi connectivity index (χ1v) is 4.50. The first-order chi connectivity index (χ1) is 7.27. The van der Waals surface area contributed by atoms with Crippen LogP contribution >= 0.6 is 0 Å². The molecule has 1 aromatic rings. The molecule has 0 bridgehead atoms. The van der Waals surface area contributed by atoms with E-state index in [0.717, 1.165) is 5.06 Å². The molecule has 78 valence electrons. The molecule has 1 fully saturated rings. The molecule has 2 rings (SSSR count). The molecule has 15 heavy (non-hydrogen) atoms. The maximum Gasteiger partial charge on any atom is 0.448 e. The Kier molecular flexibility index (Phi) is 2.53. The van der Waals surface area contributed by atoms with Crippen molar-refractivity contribution >= 4 is 17.7 Å². The van der Waals surface area contributed by atoms with E-state index in [0.29, 0.717) is 5.69 Å². The van der Waals surface area contributed by atoms with Crippen LogP contribution in [0.1, 0.15) is 6.42 Å². The number of amides is 1. The standard InChI is InChI=1S/C10H9NO4/c12-9-6-7-14-10(13)11(15-9)8-4-2-1-3-5-8/h1-5H,6-7H2. The normalized spacial score (nSPS) is 16.7. The van der Waals surface area contributed by atoms with E-state index in [-0.39, 0.29) is 13.0 Å². The van der Waals surface area contributed by atoms with Gasteiger partial charge in [0.1, 0.15) is 6.61 Å². The molecule has 0 spiro atoms. The highest BCUT2D eigenvalue weighted by molar-refractivity contribution is 5.89. The molecule has 1 heterocycles. The lowest BCUT2D eigenvalue weighted by molar-refractivity contribution is -0.143. The first kappa shape index (κ1) is 9.51. The van der Waals surface area contributed by atoms with E-state index in [1.807, 2.05) is 0 Å². The van der Waals surface area contributed by atoms with Gasteiger partial charge < -0.3 is 9.57 Å². The van der Waals surface area contributed by atoms with Gasteiger partial charge in [-0.3, -0.25) is 0 Å². The Bertz CT molecular complexity index is 376. The highest BCUT2D eigenvalue weighted by Crippen LogP contribution is 2.17. The zero-order chi connectivity index (χ0) is 10.7. The predicted molar refractivity (Wildman–Crippen MR) is 51.0 cm³/mol. The Hall–Kier alpha value is -2.04.